The van der Waals surface area contributed by atoms with E-state index in [9.17, 15) is 9.50 Å². The van der Waals surface area contributed by atoms with E-state index in [4.69, 9.17) is 0 Å². The minimum absolute atomic E-state index is 0.253. The van der Waals surface area contributed by atoms with Crippen molar-refractivity contribution in [3.8, 4) is 0 Å². The van der Waals surface area contributed by atoms with Gasteiger partial charge in [-0.3, -0.25) is 0 Å². The van der Waals surface area contributed by atoms with Gasteiger partial charge in [-0.05, 0) is 54.3 Å². The first kappa shape index (κ1) is 13.2. The van der Waals surface area contributed by atoms with Gasteiger partial charge in [0.15, 0.2) is 0 Å². The minimum atomic E-state index is -0.736. The zero-order chi connectivity index (χ0) is 13.3. The fraction of sp³-hybridized carbons (Fsp3) is 0.200. The van der Waals surface area contributed by atoms with Gasteiger partial charge in [-0.2, -0.15) is 0 Å². The van der Waals surface area contributed by atoms with Crippen molar-refractivity contribution in [1.29, 1.82) is 0 Å². The molecule has 0 radical (unpaired) electrons. The Balaban J connectivity index is 2.40. The molecule has 2 rings (SSSR count). The monoisotopic (exact) mass is 308 g/mol. The summed E-state index contributed by atoms with van der Waals surface area (Å²) >= 11 is 3.41. The van der Waals surface area contributed by atoms with Gasteiger partial charge in [0.1, 0.15) is 11.9 Å². The molecule has 0 saturated carbocycles. The standard InChI is InChI=1S/C15H14BrFO/c1-9-5-12(8-13(16)6-9)15(18)11-3-4-14(17)10(2)7-11/h3-8,15,18H,1-2H3. The van der Waals surface area contributed by atoms with Crippen molar-refractivity contribution in [2.45, 2.75) is 20.0 Å². The topological polar surface area (TPSA) is 20.2 Å². The summed E-state index contributed by atoms with van der Waals surface area (Å²) in [6, 6.07) is 10.5. The maximum Gasteiger partial charge on any atom is 0.126 e. The summed E-state index contributed by atoms with van der Waals surface area (Å²) in [5, 5.41) is 10.3. The van der Waals surface area contributed by atoms with Crippen molar-refractivity contribution in [2.24, 2.45) is 0 Å². The summed E-state index contributed by atoms with van der Waals surface area (Å²) in [5.41, 5.74) is 3.11. The molecule has 2 aromatic rings. The second kappa shape index (κ2) is 5.21. The highest BCUT2D eigenvalue weighted by Gasteiger charge is 2.12. The summed E-state index contributed by atoms with van der Waals surface area (Å²) in [4.78, 5) is 0. The zero-order valence-corrected chi connectivity index (χ0v) is 11.8. The third kappa shape index (κ3) is 2.79. The molecule has 2 aromatic carbocycles. The number of aliphatic hydroxyl groups excluding tert-OH is 1. The Morgan fingerprint density at radius 3 is 2.39 bits per heavy atom. The molecule has 1 N–H and O–H groups in total. The quantitative estimate of drug-likeness (QED) is 0.877. The normalized spacial score (nSPS) is 12.5. The van der Waals surface area contributed by atoms with Crippen molar-refractivity contribution >= 4 is 15.9 Å². The van der Waals surface area contributed by atoms with E-state index in [1.807, 2.05) is 25.1 Å². The van der Waals surface area contributed by atoms with E-state index in [1.54, 1.807) is 19.1 Å². The summed E-state index contributed by atoms with van der Waals surface area (Å²) in [6.45, 7) is 3.66. The molecule has 3 heteroatoms. The number of rotatable bonds is 2. The van der Waals surface area contributed by atoms with Gasteiger partial charge in [0.05, 0.1) is 0 Å². The van der Waals surface area contributed by atoms with Gasteiger partial charge in [0, 0.05) is 4.47 Å². The van der Waals surface area contributed by atoms with Crippen LogP contribution in [0.4, 0.5) is 4.39 Å². The molecule has 1 nitrogen and oxygen atoms in total. The molecule has 0 aliphatic rings. The van der Waals surface area contributed by atoms with Crippen LogP contribution >= 0.6 is 15.9 Å². The van der Waals surface area contributed by atoms with E-state index in [0.717, 1.165) is 15.6 Å². The lowest BCUT2D eigenvalue weighted by atomic mass is 9.98. The summed E-state index contributed by atoms with van der Waals surface area (Å²) in [6.07, 6.45) is -0.736. The van der Waals surface area contributed by atoms with Gasteiger partial charge in [0.25, 0.3) is 0 Å². The van der Waals surface area contributed by atoms with Gasteiger partial charge < -0.3 is 5.11 Å². The molecule has 1 unspecified atom stereocenters. The average Bonchev–Trinajstić information content (AvgIpc) is 2.30. The smallest absolute Gasteiger partial charge is 0.126 e. The van der Waals surface area contributed by atoms with Crippen molar-refractivity contribution in [1.82, 2.24) is 0 Å². The number of hydrogen-bond donors (Lipinski definition) is 1. The highest BCUT2D eigenvalue weighted by molar-refractivity contribution is 9.10. The molecular formula is C15H14BrFO. The second-order valence-electron chi connectivity index (χ2n) is 4.47. The van der Waals surface area contributed by atoms with Crippen LogP contribution in [-0.4, -0.2) is 5.11 Å². The number of hydrogen-bond acceptors (Lipinski definition) is 1. The first-order chi connectivity index (χ1) is 8.47. The van der Waals surface area contributed by atoms with E-state index in [1.165, 1.54) is 6.07 Å². The molecule has 1 atom stereocenters. The van der Waals surface area contributed by atoms with Crippen molar-refractivity contribution < 1.29 is 9.50 Å². The number of aryl methyl sites for hydroxylation is 2. The Morgan fingerprint density at radius 1 is 1.06 bits per heavy atom. The molecule has 0 bridgehead atoms. The lowest BCUT2D eigenvalue weighted by molar-refractivity contribution is 0.220. The molecular weight excluding hydrogens is 295 g/mol. The molecule has 0 aromatic heterocycles. The van der Waals surface area contributed by atoms with E-state index in [0.29, 0.717) is 11.1 Å². The van der Waals surface area contributed by atoms with Crippen LogP contribution in [0.2, 0.25) is 0 Å². The summed E-state index contributed by atoms with van der Waals surface area (Å²) in [5.74, 6) is -0.253. The van der Waals surface area contributed by atoms with Crippen LogP contribution in [0.5, 0.6) is 0 Å². The lowest BCUT2D eigenvalue weighted by Gasteiger charge is -2.13. The van der Waals surface area contributed by atoms with Gasteiger partial charge >= 0.3 is 0 Å². The highest BCUT2D eigenvalue weighted by atomic mass is 79.9. The molecule has 18 heavy (non-hydrogen) atoms. The number of halogens is 2. The predicted molar refractivity (Wildman–Crippen MR) is 74.1 cm³/mol. The third-order valence-electron chi connectivity index (χ3n) is 2.88. The van der Waals surface area contributed by atoms with E-state index in [-0.39, 0.29) is 5.82 Å². The van der Waals surface area contributed by atoms with E-state index < -0.39 is 6.10 Å². The maximum absolute atomic E-state index is 13.2. The molecule has 0 aliphatic heterocycles. The SMILES string of the molecule is Cc1cc(Br)cc(C(O)c2ccc(F)c(C)c2)c1. The molecule has 0 spiro atoms. The van der Waals surface area contributed by atoms with Gasteiger partial charge in [0.2, 0.25) is 0 Å². The predicted octanol–water partition coefficient (Wildman–Crippen LogP) is 4.29. The molecule has 0 saturated heterocycles. The first-order valence-electron chi connectivity index (χ1n) is 5.68. The van der Waals surface area contributed by atoms with E-state index in [2.05, 4.69) is 15.9 Å². The molecule has 0 fully saturated rings. The Bertz CT molecular complexity index is 560. The molecule has 0 aliphatic carbocycles. The van der Waals surface area contributed by atoms with Crippen LogP contribution in [0.15, 0.2) is 40.9 Å². The Hall–Kier alpha value is -1.19. The van der Waals surface area contributed by atoms with Gasteiger partial charge in [-0.1, -0.05) is 34.1 Å². The van der Waals surface area contributed by atoms with Crippen molar-refractivity contribution in [3.05, 3.63) is 68.9 Å². The fourth-order valence-electron chi connectivity index (χ4n) is 1.95. The number of benzene rings is 2. The Labute approximate surface area is 114 Å². The Morgan fingerprint density at radius 2 is 1.78 bits per heavy atom. The van der Waals surface area contributed by atoms with Gasteiger partial charge in [-0.25, -0.2) is 4.39 Å². The lowest BCUT2D eigenvalue weighted by Crippen LogP contribution is -2.01. The fourth-order valence-corrected chi connectivity index (χ4v) is 2.58. The summed E-state index contributed by atoms with van der Waals surface area (Å²) in [7, 11) is 0. The summed E-state index contributed by atoms with van der Waals surface area (Å²) < 4.78 is 14.1. The van der Waals surface area contributed by atoms with Gasteiger partial charge in [-0.15, -0.1) is 0 Å². The second-order valence-corrected chi connectivity index (χ2v) is 5.39. The van der Waals surface area contributed by atoms with Crippen LogP contribution in [0.3, 0.4) is 0 Å². The molecule has 0 heterocycles. The minimum Gasteiger partial charge on any atom is -0.384 e. The van der Waals surface area contributed by atoms with Crippen LogP contribution < -0.4 is 0 Å². The first-order valence-corrected chi connectivity index (χ1v) is 6.48. The third-order valence-corrected chi connectivity index (χ3v) is 3.34. The van der Waals surface area contributed by atoms with Crippen LogP contribution in [0.25, 0.3) is 0 Å². The van der Waals surface area contributed by atoms with Crippen LogP contribution in [0.1, 0.15) is 28.4 Å². The molecule has 0 amide bonds. The van der Waals surface area contributed by atoms with Crippen LogP contribution in [0, 0.1) is 19.7 Å². The van der Waals surface area contributed by atoms with Crippen molar-refractivity contribution in [2.75, 3.05) is 0 Å². The largest absolute Gasteiger partial charge is 0.384 e. The van der Waals surface area contributed by atoms with Crippen LogP contribution in [-0.2, 0) is 0 Å². The maximum atomic E-state index is 13.2. The average molecular weight is 309 g/mol. The number of aliphatic hydroxyl groups is 1. The van der Waals surface area contributed by atoms with E-state index >= 15 is 0 Å². The Kier molecular flexibility index (Phi) is 3.83. The molecule has 94 valence electrons. The van der Waals surface area contributed by atoms with Crippen molar-refractivity contribution in [3.63, 3.8) is 0 Å². The highest BCUT2D eigenvalue weighted by Crippen LogP contribution is 2.26. The zero-order valence-electron chi connectivity index (χ0n) is 10.2.